The van der Waals surface area contributed by atoms with Gasteiger partial charge in [-0.1, -0.05) is 37.3 Å². The average Bonchev–Trinajstić information content (AvgIpc) is 2.71. The van der Waals surface area contributed by atoms with Crippen molar-refractivity contribution in [1.29, 1.82) is 0 Å². The van der Waals surface area contributed by atoms with E-state index in [-0.39, 0.29) is 18.3 Å². The Kier molecular flexibility index (Phi) is 5.81. The minimum atomic E-state index is -0.387. The number of nitrogens with zero attached hydrogens (tertiary/aromatic N) is 2. The molecule has 3 rings (SSSR count). The van der Waals surface area contributed by atoms with E-state index in [0.717, 1.165) is 28.6 Å². The first kappa shape index (κ1) is 18.6. The predicted octanol–water partition coefficient (Wildman–Crippen LogP) is 4.01. The summed E-state index contributed by atoms with van der Waals surface area (Å²) in [6, 6.07) is 16.7. The molecule has 1 amide bonds. The van der Waals surface area contributed by atoms with E-state index >= 15 is 0 Å². The standard InChI is InChI=1S/C22H22N2O3/c1-3-14-24(19-8-4-6-17-7-5-13-23-21(17)19)20(25)15-16-9-11-18(12-10-16)22(26)27-2/h4-13H,3,14-15H2,1-2H3. The number of fused-ring (bicyclic) bond motifs is 1. The van der Waals surface area contributed by atoms with Gasteiger partial charge in [0.1, 0.15) is 0 Å². The highest BCUT2D eigenvalue weighted by atomic mass is 16.5. The molecule has 2 aromatic carbocycles. The number of benzene rings is 2. The molecule has 0 fully saturated rings. The highest BCUT2D eigenvalue weighted by molar-refractivity contribution is 6.02. The van der Waals surface area contributed by atoms with Crippen molar-refractivity contribution in [2.75, 3.05) is 18.6 Å². The molecule has 0 aliphatic carbocycles. The second-order valence-electron chi connectivity index (χ2n) is 6.26. The van der Waals surface area contributed by atoms with Gasteiger partial charge in [-0.05, 0) is 36.2 Å². The van der Waals surface area contributed by atoms with Crippen LogP contribution in [0.5, 0.6) is 0 Å². The van der Waals surface area contributed by atoms with Crippen molar-refractivity contribution in [3.63, 3.8) is 0 Å². The van der Waals surface area contributed by atoms with Gasteiger partial charge >= 0.3 is 5.97 Å². The summed E-state index contributed by atoms with van der Waals surface area (Å²) in [5.74, 6) is -0.386. The molecule has 0 saturated heterocycles. The Labute approximate surface area is 158 Å². The van der Waals surface area contributed by atoms with Crippen LogP contribution in [0.2, 0.25) is 0 Å². The zero-order chi connectivity index (χ0) is 19.2. The topological polar surface area (TPSA) is 59.5 Å². The molecule has 0 atom stereocenters. The number of anilines is 1. The molecule has 1 aromatic heterocycles. The van der Waals surface area contributed by atoms with Crippen LogP contribution in [0.15, 0.2) is 60.8 Å². The van der Waals surface area contributed by atoms with E-state index in [2.05, 4.69) is 4.98 Å². The van der Waals surface area contributed by atoms with Crippen molar-refractivity contribution in [3.8, 4) is 0 Å². The van der Waals surface area contributed by atoms with Crippen molar-refractivity contribution in [2.45, 2.75) is 19.8 Å². The maximum absolute atomic E-state index is 13.0. The number of carbonyl (C=O) groups is 2. The molecule has 0 aliphatic rings. The molecule has 5 heteroatoms. The van der Waals surface area contributed by atoms with Crippen molar-refractivity contribution in [2.24, 2.45) is 0 Å². The number of ether oxygens (including phenoxy) is 1. The third-order valence-corrected chi connectivity index (χ3v) is 4.38. The molecule has 138 valence electrons. The van der Waals surface area contributed by atoms with Crippen LogP contribution in [0.4, 0.5) is 5.69 Å². The minimum Gasteiger partial charge on any atom is -0.465 e. The Balaban J connectivity index is 1.86. The van der Waals surface area contributed by atoms with Gasteiger partial charge in [0.2, 0.25) is 5.91 Å². The van der Waals surface area contributed by atoms with Crippen LogP contribution in [0, 0.1) is 0 Å². The van der Waals surface area contributed by atoms with Gasteiger partial charge in [-0.3, -0.25) is 9.78 Å². The van der Waals surface area contributed by atoms with Gasteiger partial charge in [-0.25, -0.2) is 4.79 Å². The summed E-state index contributed by atoms with van der Waals surface area (Å²) in [6.07, 6.45) is 2.84. The van der Waals surface area contributed by atoms with Gasteiger partial charge in [0, 0.05) is 18.1 Å². The van der Waals surface area contributed by atoms with Crippen molar-refractivity contribution in [1.82, 2.24) is 4.98 Å². The quantitative estimate of drug-likeness (QED) is 0.622. The minimum absolute atomic E-state index is 0.000760. The molecule has 3 aromatic rings. The fourth-order valence-corrected chi connectivity index (χ4v) is 3.06. The van der Waals surface area contributed by atoms with E-state index in [0.29, 0.717) is 12.1 Å². The number of pyridine rings is 1. The first-order chi connectivity index (χ1) is 13.1. The third kappa shape index (κ3) is 4.14. The first-order valence-electron chi connectivity index (χ1n) is 8.95. The van der Waals surface area contributed by atoms with Crippen molar-refractivity contribution < 1.29 is 14.3 Å². The molecule has 1 heterocycles. The Bertz CT molecular complexity index is 946. The van der Waals surface area contributed by atoms with Crippen LogP contribution in [-0.4, -0.2) is 30.5 Å². The number of aromatic nitrogens is 1. The van der Waals surface area contributed by atoms with Crippen molar-refractivity contribution in [3.05, 3.63) is 71.9 Å². The second kappa shape index (κ2) is 8.45. The first-order valence-corrected chi connectivity index (χ1v) is 8.95. The molecule has 0 N–H and O–H groups in total. The Hall–Kier alpha value is -3.21. The van der Waals surface area contributed by atoms with Gasteiger partial charge in [0.15, 0.2) is 0 Å². The number of hydrogen-bond acceptors (Lipinski definition) is 4. The lowest BCUT2D eigenvalue weighted by molar-refractivity contribution is -0.118. The lowest BCUT2D eigenvalue weighted by Crippen LogP contribution is -2.33. The zero-order valence-electron chi connectivity index (χ0n) is 15.5. The summed E-state index contributed by atoms with van der Waals surface area (Å²) in [5, 5.41) is 1.01. The fourth-order valence-electron chi connectivity index (χ4n) is 3.06. The lowest BCUT2D eigenvalue weighted by Gasteiger charge is -2.23. The number of para-hydroxylation sites is 1. The summed E-state index contributed by atoms with van der Waals surface area (Å²) in [6.45, 7) is 2.67. The summed E-state index contributed by atoms with van der Waals surface area (Å²) in [4.78, 5) is 30.8. The number of rotatable bonds is 6. The van der Waals surface area contributed by atoms with Crippen LogP contribution in [0.3, 0.4) is 0 Å². The number of carbonyl (C=O) groups excluding carboxylic acids is 2. The molecule has 0 spiro atoms. The summed E-state index contributed by atoms with van der Waals surface area (Å²) in [5.41, 5.74) is 2.97. The molecule has 27 heavy (non-hydrogen) atoms. The fraction of sp³-hybridized carbons (Fsp3) is 0.227. The van der Waals surface area contributed by atoms with E-state index in [1.54, 1.807) is 35.4 Å². The maximum atomic E-state index is 13.0. The molecule has 0 bridgehead atoms. The number of esters is 1. The average molecular weight is 362 g/mol. The lowest BCUT2D eigenvalue weighted by atomic mass is 10.1. The van der Waals surface area contributed by atoms with Crippen LogP contribution in [-0.2, 0) is 16.0 Å². The molecule has 0 saturated carbocycles. The van der Waals surface area contributed by atoms with E-state index < -0.39 is 0 Å². The number of methoxy groups -OCH3 is 1. The Morgan fingerprint density at radius 1 is 1.04 bits per heavy atom. The summed E-state index contributed by atoms with van der Waals surface area (Å²) in [7, 11) is 1.35. The molecule has 5 nitrogen and oxygen atoms in total. The van der Waals surface area contributed by atoms with Crippen LogP contribution in [0.1, 0.15) is 29.3 Å². The van der Waals surface area contributed by atoms with Crippen molar-refractivity contribution >= 4 is 28.5 Å². The SMILES string of the molecule is CCCN(C(=O)Cc1ccc(C(=O)OC)cc1)c1cccc2cccnc12. The van der Waals surface area contributed by atoms with E-state index in [1.165, 1.54) is 7.11 Å². The van der Waals surface area contributed by atoms with E-state index in [9.17, 15) is 9.59 Å². The Morgan fingerprint density at radius 2 is 1.78 bits per heavy atom. The van der Waals surface area contributed by atoms with Gasteiger partial charge < -0.3 is 9.64 Å². The monoisotopic (exact) mass is 362 g/mol. The van der Waals surface area contributed by atoms with Gasteiger partial charge in [0.25, 0.3) is 0 Å². The molecule has 0 radical (unpaired) electrons. The van der Waals surface area contributed by atoms with Crippen LogP contribution < -0.4 is 4.90 Å². The molecule has 0 aliphatic heterocycles. The predicted molar refractivity (Wildman–Crippen MR) is 106 cm³/mol. The zero-order valence-corrected chi connectivity index (χ0v) is 15.5. The van der Waals surface area contributed by atoms with Gasteiger partial charge in [-0.2, -0.15) is 0 Å². The van der Waals surface area contributed by atoms with Gasteiger partial charge in [0.05, 0.1) is 30.3 Å². The van der Waals surface area contributed by atoms with E-state index in [1.807, 2.05) is 37.3 Å². The molecular weight excluding hydrogens is 340 g/mol. The largest absolute Gasteiger partial charge is 0.465 e. The molecular formula is C22H22N2O3. The van der Waals surface area contributed by atoms with Gasteiger partial charge in [-0.15, -0.1) is 0 Å². The van der Waals surface area contributed by atoms with Crippen LogP contribution in [0.25, 0.3) is 10.9 Å². The van der Waals surface area contributed by atoms with E-state index in [4.69, 9.17) is 4.74 Å². The summed E-state index contributed by atoms with van der Waals surface area (Å²) >= 11 is 0. The molecule has 0 unspecified atom stereocenters. The third-order valence-electron chi connectivity index (χ3n) is 4.38. The highest BCUT2D eigenvalue weighted by Gasteiger charge is 2.18. The number of hydrogen-bond donors (Lipinski definition) is 0. The summed E-state index contributed by atoms with van der Waals surface area (Å²) < 4.78 is 4.71. The number of amides is 1. The highest BCUT2D eigenvalue weighted by Crippen LogP contribution is 2.25. The Morgan fingerprint density at radius 3 is 2.48 bits per heavy atom. The normalized spacial score (nSPS) is 10.6. The van der Waals surface area contributed by atoms with Crippen LogP contribution >= 0.6 is 0 Å². The smallest absolute Gasteiger partial charge is 0.337 e. The second-order valence-corrected chi connectivity index (χ2v) is 6.26. The maximum Gasteiger partial charge on any atom is 0.337 e.